The van der Waals surface area contributed by atoms with Crippen molar-refractivity contribution in [2.24, 2.45) is 0 Å². The Morgan fingerprint density at radius 1 is 1.42 bits per heavy atom. The molecule has 0 radical (unpaired) electrons. The van der Waals surface area contributed by atoms with Crippen LogP contribution in [0.25, 0.3) is 0 Å². The van der Waals surface area contributed by atoms with Gasteiger partial charge in [-0.2, -0.15) is 0 Å². The lowest BCUT2D eigenvalue weighted by atomic mass is 10.1. The lowest BCUT2D eigenvalue weighted by Gasteiger charge is -2.22. The fraction of sp³-hybridized carbons (Fsp3) is 0.417. The van der Waals surface area contributed by atoms with Gasteiger partial charge >= 0.3 is 0 Å². The van der Waals surface area contributed by atoms with Crippen LogP contribution in [0.4, 0.5) is 0 Å². The van der Waals surface area contributed by atoms with Crippen LogP contribution in [-0.4, -0.2) is 37.0 Å². The number of aromatic hydroxyl groups is 1. The summed E-state index contributed by atoms with van der Waals surface area (Å²) in [4.78, 5) is 11.9. The highest BCUT2D eigenvalue weighted by atomic mass is 35.5. The van der Waals surface area contributed by atoms with Crippen molar-refractivity contribution in [3.05, 3.63) is 28.8 Å². The summed E-state index contributed by atoms with van der Waals surface area (Å²) in [6.45, 7) is 3.00. The van der Waals surface area contributed by atoms with Crippen molar-refractivity contribution in [1.29, 1.82) is 0 Å². The Kier molecular flexibility index (Phi) is 4.47. The van der Waals surface area contributed by atoms with Gasteiger partial charge in [-0.15, -0.1) is 0 Å². The molecule has 0 aliphatic carbocycles. The topological polar surface area (TPSA) is 83.5 Å². The number of halogens is 1. The van der Waals surface area contributed by atoms with Crippen LogP contribution in [0.15, 0.2) is 18.2 Å². The first kappa shape index (κ1) is 15.8. The number of rotatable bonds is 4. The normalized spacial score (nSPS) is 12.2. The van der Waals surface area contributed by atoms with Crippen LogP contribution in [0, 0.1) is 0 Å². The van der Waals surface area contributed by atoms with Gasteiger partial charge in [0.2, 0.25) is 0 Å². The number of phenols is 1. The van der Waals surface area contributed by atoms with Gasteiger partial charge in [0.05, 0.1) is 15.3 Å². The summed E-state index contributed by atoms with van der Waals surface area (Å²) in [5.74, 6) is -0.616. The SMILES string of the molecule is CC(C)(CNC(=O)c1cc(O)ccc1Cl)S(C)(=O)=O. The minimum atomic E-state index is -3.30. The summed E-state index contributed by atoms with van der Waals surface area (Å²) in [5, 5.41) is 12.0. The Labute approximate surface area is 117 Å². The first-order valence-electron chi connectivity index (χ1n) is 5.51. The maximum Gasteiger partial charge on any atom is 0.252 e. The molecule has 0 fully saturated rings. The second kappa shape index (κ2) is 5.38. The zero-order valence-corrected chi connectivity index (χ0v) is 12.5. The number of phenolic OH excluding ortho intramolecular Hbond substituents is 1. The molecule has 0 heterocycles. The van der Waals surface area contributed by atoms with E-state index in [0.717, 1.165) is 6.26 Å². The van der Waals surface area contributed by atoms with Crippen molar-refractivity contribution < 1.29 is 18.3 Å². The maximum atomic E-state index is 11.9. The smallest absolute Gasteiger partial charge is 0.252 e. The van der Waals surface area contributed by atoms with E-state index in [1.807, 2.05) is 0 Å². The number of hydrogen-bond acceptors (Lipinski definition) is 4. The Hall–Kier alpha value is -1.27. The van der Waals surface area contributed by atoms with Crippen molar-refractivity contribution in [2.75, 3.05) is 12.8 Å². The van der Waals surface area contributed by atoms with E-state index in [1.54, 1.807) is 0 Å². The van der Waals surface area contributed by atoms with Crippen LogP contribution < -0.4 is 5.32 Å². The Bertz CT molecular complexity index is 596. The molecule has 0 saturated carbocycles. The van der Waals surface area contributed by atoms with Gasteiger partial charge in [0.15, 0.2) is 9.84 Å². The third-order valence-corrected chi connectivity index (χ3v) is 5.35. The van der Waals surface area contributed by atoms with E-state index in [4.69, 9.17) is 11.6 Å². The number of sulfone groups is 1. The molecule has 0 atom stereocenters. The summed E-state index contributed by atoms with van der Waals surface area (Å²) in [5.41, 5.74) is 0.103. The molecule has 106 valence electrons. The molecule has 1 rings (SSSR count). The molecule has 1 amide bonds. The maximum absolute atomic E-state index is 11.9. The Morgan fingerprint density at radius 2 is 2.00 bits per heavy atom. The van der Waals surface area contributed by atoms with E-state index in [9.17, 15) is 18.3 Å². The molecule has 1 aromatic carbocycles. The molecule has 1 aromatic rings. The highest BCUT2D eigenvalue weighted by Gasteiger charge is 2.30. The number of carbonyl (C=O) groups excluding carboxylic acids is 1. The molecule has 0 unspecified atom stereocenters. The fourth-order valence-corrected chi connectivity index (χ4v) is 1.74. The van der Waals surface area contributed by atoms with Gasteiger partial charge in [-0.3, -0.25) is 4.79 Å². The van der Waals surface area contributed by atoms with Crippen molar-refractivity contribution in [3.8, 4) is 5.75 Å². The summed E-state index contributed by atoms with van der Waals surface area (Å²) in [6, 6.07) is 3.98. The van der Waals surface area contributed by atoms with Crippen LogP contribution in [0.3, 0.4) is 0 Å². The van der Waals surface area contributed by atoms with E-state index >= 15 is 0 Å². The molecule has 0 aliphatic rings. The molecule has 19 heavy (non-hydrogen) atoms. The standard InChI is InChI=1S/C12H16ClNO4S/c1-12(2,19(3,17)18)7-14-11(16)9-6-8(15)4-5-10(9)13/h4-6,15H,7H2,1-3H3,(H,14,16). The number of benzene rings is 1. The second-order valence-corrected chi connectivity index (χ2v) is 7.94. The molecular weight excluding hydrogens is 290 g/mol. The molecule has 0 saturated heterocycles. The van der Waals surface area contributed by atoms with Crippen LogP contribution in [0.1, 0.15) is 24.2 Å². The van der Waals surface area contributed by atoms with Gasteiger partial charge in [-0.05, 0) is 32.0 Å². The lowest BCUT2D eigenvalue weighted by Crippen LogP contribution is -2.43. The molecule has 7 heteroatoms. The van der Waals surface area contributed by atoms with Crippen LogP contribution in [0.5, 0.6) is 5.75 Å². The van der Waals surface area contributed by atoms with Crippen molar-refractivity contribution in [3.63, 3.8) is 0 Å². The van der Waals surface area contributed by atoms with E-state index in [-0.39, 0.29) is 22.9 Å². The predicted octanol–water partition coefficient (Wildman–Crippen LogP) is 1.60. The van der Waals surface area contributed by atoms with E-state index in [0.29, 0.717) is 0 Å². The van der Waals surface area contributed by atoms with Gasteiger partial charge in [0, 0.05) is 12.8 Å². The third-order valence-electron chi connectivity index (χ3n) is 2.87. The Balaban J connectivity index is 2.85. The summed E-state index contributed by atoms with van der Waals surface area (Å²) < 4.78 is 21.9. The fourth-order valence-electron chi connectivity index (χ4n) is 1.21. The Morgan fingerprint density at radius 3 is 2.53 bits per heavy atom. The first-order chi connectivity index (χ1) is 8.54. The van der Waals surface area contributed by atoms with Crippen molar-refractivity contribution in [1.82, 2.24) is 5.32 Å². The second-order valence-electron chi connectivity index (χ2n) is 4.88. The van der Waals surface area contributed by atoms with Gasteiger partial charge < -0.3 is 10.4 Å². The minimum Gasteiger partial charge on any atom is -0.508 e. The lowest BCUT2D eigenvalue weighted by molar-refractivity contribution is 0.0950. The van der Waals surface area contributed by atoms with Gasteiger partial charge in [0.1, 0.15) is 5.75 Å². The summed E-state index contributed by atoms with van der Waals surface area (Å²) in [7, 11) is -3.30. The van der Waals surface area contributed by atoms with Crippen LogP contribution in [-0.2, 0) is 9.84 Å². The average molecular weight is 306 g/mol. The van der Waals surface area contributed by atoms with Gasteiger partial charge in [-0.1, -0.05) is 11.6 Å². The zero-order valence-electron chi connectivity index (χ0n) is 10.9. The molecule has 0 aromatic heterocycles. The van der Waals surface area contributed by atoms with E-state index in [2.05, 4.69) is 5.32 Å². The highest BCUT2D eigenvalue weighted by molar-refractivity contribution is 7.92. The van der Waals surface area contributed by atoms with Crippen molar-refractivity contribution in [2.45, 2.75) is 18.6 Å². The molecular formula is C12H16ClNO4S. The number of amides is 1. The van der Waals surface area contributed by atoms with E-state index < -0.39 is 20.5 Å². The first-order valence-corrected chi connectivity index (χ1v) is 7.78. The average Bonchev–Trinajstić information content (AvgIpc) is 2.28. The molecule has 0 spiro atoms. The van der Waals surface area contributed by atoms with Gasteiger partial charge in [0.25, 0.3) is 5.91 Å². The largest absolute Gasteiger partial charge is 0.508 e. The molecule has 2 N–H and O–H groups in total. The minimum absolute atomic E-state index is 0.0450. The summed E-state index contributed by atoms with van der Waals surface area (Å²) >= 11 is 5.84. The molecule has 5 nitrogen and oxygen atoms in total. The monoisotopic (exact) mass is 305 g/mol. The predicted molar refractivity (Wildman–Crippen MR) is 74.4 cm³/mol. The highest BCUT2D eigenvalue weighted by Crippen LogP contribution is 2.21. The van der Waals surface area contributed by atoms with Crippen molar-refractivity contribution >= 4 is 27.3 Å². The van der Waals surface area contributed by atoms with Gasteiger partial charge in [-0.25, -0.2) is 8.42 Å². The molecule has 0 aliphatic heterocycles. The number of hydrogen-bond donors (Lipinski definition) is 2. The molecule has 0 bridgehead atoms. The quantitative estimate of drug-likeness (QED) is 0.885. The number of nitrogens with one attached hydrogen (secondary N) is 1. The zero-order chi connectivity index (χ0) is 14.8. The van der Waals surface area contributed by atoms with Crippen LogP contribution in [0.2, 0.25) is 5.02 Å². The van der Waals surface area contributed by atoms with Crippen LogP contribution >= 0.6 is 11.6 Å². The number of carbonyl (C=O) groups is 1. The van der Waals surface area contributed by atoms with E-state index in [1.165, 1.54) is 32.0 Å². The third kappa shape index (κ3) is 3.84. The summed E-state index contributed by atoms with van der Waals surface area (Å²) in [6.07, 6.45) is 1.11.